The van der Waals surface area contributed by atoms with Gasteiger partial charge in [0.2, 0.25) is 5.96 Å². The molecule has 1 aliphatic rings. The Balaban J connectivity index is 2.40. The van der Waals surface area contributed by atoms with Crippen molar-refractivity contribution in [2.75, 3.05) is 0 Å². The van der Waals surface area contributed by atoms with Crippen LogP contribution in [0.25, 0.3) is 0 Å². The monoisotopic (exact) mass is 170 g/mol. The average molecular weight is 170 g/mol. The lowest BCUT2D eigenvalue weighted by molar-refractivity contribution is 0.458. The van der Waals surface area contributed by atoms with E-state index < -0.39 is 0 Å². The Hall–Kier alpha value is -0.770. The predicted octanol–water partition coefficient (Wildman–Crippen LogP) is 0.343. The molecule has 1 unspecified atom stereocenters. The van der Waals surface area contributed by atoms with Crippen molar-refractivity contribution in [2.45, 2.75) is 38.6 Å². The maximum absolute atomic E-state index is 5.46. The lowest BCUT2D eigenvalue weighted by Crippen LogP contribution is -2.38. The van der Waals surface area contributed by atoms with Gasteiger partial charge in [0.15, 0.2) is 0 Å². The van der Waals surface area contributed by atoms with E-state index in [-0.39, 0.29) is 0 Å². The zero-order valence-electron chi connectivity index (χ0n) is 7.59. The molecule has 1 rings (SSSR count). The van der Waals surface area contributed by atoms with Gasteiger partial charge in [-0.25, -0.2) is 10.8 Å². The van der Waals surface area contributed by atoms with Crippen LogP contribution in [0.2, 0.25) is 0 Å². The maximum atomic E-state index is 5.46. The predicted molar refractivity (Wildman–Crippen MR) is 50.4 cm³/mol. The summed E-state index contributed by atoms with van der Waals surface area (Å²) in [6.07, 6.45) is 5.23. The van der Waals surface area contributed by atoms with Crippen molar-refractivity contribution in [1.82, 2.24) is 5.43 Å². The highest BCUT2D eigenvalue weighted by Gasteiger charge is 2.20. The van der Waals surface area contributed by atoms with Crippen molar-refractivity contribution < 1.29 is 0 Å². The lowest BCUT2D eigenvalue weighted by atomic mass is 10.0. The van der Waals surface area contributed by atoms with Gasteiger partial charge < -0.3 is 5.73 Å². The molecule has 0 radical (unpaired) electrons. The van der Waals surface area contributed by atoms with Crippen LogP contribution >= 0.6 is 0 Å². The normalized spacial score (nSPS) is 22.7. The van der Waals surface area contributed by atoms with Gasteiger partial charge in [-0.15, -0.1) is 0 Å². The van der Waals surface area contributed by atoms with Crippen molar-refractivity contribution in [1.29, 1.82) is 0 Å². The van der Waals surface area contributed by atoms with E-state index in [1.807, 2.05) is 0 Å². The Morgan fingerprint density at radius 2 is 2.08 bits per heavy atom. The van der Waals surface area contributed by atoms with Crippen LogP contribution in [0.1, 0.15) is 32.6 Å². The summed E-state index contributed by atoms with van der Waals surface area (Å²) in [6.45, 7) is 2.10. The fraction of sp³-hybridized carbons (Fsp3) is 0.875. The third-order valence-corrected chi connectivity index (χ3v) is 2.57. The number of hydrazine groups is 1. The summed E-state index contributed by atoms with van der Waals surface area (Å²) in [5, 5.41) is 0. The molecule has 0 aliphatic heterocycles. The molecule has 0 bridgehead atoms. The molecule has 0 aromatic carbocycles. The van der Waals surface area contributed by atoms with Crippen LogP contribution in [0.15, 0.2) is 4.99 Å². The summed E-state index contributed by atoms with van der Waals surface area (Å²) < 4.78 is 0. The Kier molecular flexibility index (Phi) is 3.34. The van der Waals surface area contributed by atoms with Crippen molar-refractivity contribution in [3.8, 4) is 0 Å². The van der Waals surface area contributed by atoms with Crippen LogP contribution in [0.5, 0.6) is 0 Å². The molecule has 4 heteroatoms. The van der Waals surface area contributed by atoms with Gasteiger partial charge in [0, 0.05) is 0 Å². The van der Waals surface area contributed by atoms with Gasteiger partial charge in [-0.3, -0.25) is 5.43 Å². The van der Waals surface area contributed by atoms with Crippen LogP contribution in [-0.4, -0.2) is 12.0 Å². The molecule has 1 saturated carbocycles. The second-order valence-electron chi connectivity index (χ2n) is 3.44. The number of rotatable bonds is 2. The molecule has 4 nitrogen and oxygen atoms in total. The summed E-state index contributed by atoms with van der Waals surface area (Å²) in [7, 11) is 0. The van der Waals surface area contributed by atoms with Gasteiger partial charge in [-0.2, -0.15) is 0 Å². The van der Waals surface area contributed by atoms with Crippen molar-refractivity contribution >= 4 is 5.96 Å². The molecule has 0 aromatic heterocycles. The number of hydrogen-bond acceptors (Lipinski definition) is 2. The minimum absolute atomic E-state index is 0.309. The highest BCUT2D eigenvalue weighted by atomic mass is 15.3. The van der Waals surface area contributed by atoms with Crippen molar-refractivity contribution in [3.05, 3.63) is 0 Å². The Morgan fingerprint density at radius 3 is 2.58 bits per heavy atom. The lowest BCUT2D eigenvalue weighted by Gasteiger charge is -2.14. The van der Waals surface area contributed by atoms with E-state index in [0.717, 1.165) is 0 Å². The third-order valence-electron chi connectivity index (χ3n) is 2.57. The minimum atomic E-state index is 0.309. The topological polar surface area (TPSA) is 76.4 Å². The SMILES string of the molecule is CC(N=C(N)NN)C1CCCC1. The van der Waals surface area contributed by atoms with Gasteiger partial charge in [-0.05, 0) is 25.7 Å². The molecule has 0 saturated heterocycles. The van der Waals surface area contributed by atoms with Crippen molar-refractivity contribution in [2.24, 2.45) is 22.5 Å². The van der Waals surface area contributed by atoms with Crippen molar-refractivity contribution in [3.63, 3.8) is 0 Å². The number of aliphatic imine (C=N–C) groups is 1. The highest BCUT2D eigenvalue weighted by Crippen LogP contribution is 2.28. The summed E-state index contributed by atoms with van der Waals surface area (Å²) in [5.74, 6) is 6.16. The van der Waals surface area contributed by atoms with E-state index >= 15 is 0 Å². The average Bonchev–Trinajstić information content (AvgIpc) is 2.56. The Bertz CT molecular complexity index is 160. The highest BCUT2D eigenvalue weighted by molar-refractivity contribution is 5.77. The summed E-state index contributed by atoms with van der Waals surface area (Å²) in [5.41, 5.74) is 7.80. The second kappa shape index (κ2) is 4.30. The zero-order chi connectivity index (χ0) is 8.97. The number of nitrogens with one attached hydrogen (secondary N) is 1. The molecule has 0 aromatic rings. The van der Waals surface area contributed by atoms with Crippen LogP contribution in [0, 0.1) is 5.92 Å². The van der Waals surface area contributed by atoms with E-state index in [0.29, 0.717) is 17.9 Å². The summed E-state index contributed by atoms with van der Waals surface area (Å²) in [4.78, 5) is 4.24. The third kappa shape index (κ3) is 2.37. The van der Waals surface area contributed by atoms with E-state index in [1.165, 1.54) is 25.7 Å². The molecule has 1 atom stereocenters. The van der Waals surface area contributed by atoms with Crippen LogP contribution in [-0.2, 0) is 0 Å². The number of nitrogens with zero attached hydrogens (tertiary/aromatic N) is 1. The van der Waals surface area contributed by atoms with Gasteiger partial charge in [0.05, 0.1) is 6.04 Å². The molecule has 0 spiro atoms. The quantitative estimate of drug-likeness (QED) is 0.242. The number of nitrogens with two attached hydrogens (primary N) is 2. The fourth-order valence-corrected chi connectivity index (χ4v) is 1.80. The van der Waals surface area contributed by atoms with Gasteiger partial charge in [0.25, 0.3) is 0 Å². The Labute approximate surface area is 73.4 Å². The first-order chi connectivity index (χ1) is 5.74. The van der Waals surface area contributed by atoms with E-state index in [1.54, 1.807) is 0 Å². The molecule has 1 aliphatic carbocycles. The van der Waals surface area contributed by atoms with Gasteiger partial charge >= 0.3 is 0 Å². The first-order valence-electron chi connectivity index (χ1n) is 4.54. The largest absolute Gasteiger partial charge is 0.369 e. The second-order valence-corrected chi connectivity index (χ2v) is 3.44. The van der Waals surface area contributed by atoms with Gasteiger partial charge in [-0.1, -0.05) is 12.8 Å². The molecule has 0 heterocycles. The molecular formula is C8H18N4. The molecule has 5 N–H and O–H groups in total. The van der Waals surface area contributed by atoms with Crippen LogP contribution in [0.4, 0.5) is 0 Å². The molecular weight excluding hydrogens is 152 g/mol. The standard InChI is InChI=1S/C8H18N4/c1-6(11-8(9)12-10)7-4-2-3-5-7/h6-7H,2-5,10H2,1H3,(H3,9,11,12). The van der Waals surface area contributed by atoms with Crippen LogP contribution in [0.3, 0.4) is 0 Å². The Morgan fingerprint density at radius 1 is 1.50 bits per heavy atom. The molecule has 1 fully saturated rings. The molecule has 70 valence electrons. The zero-order valence-corrected chi connectivity index (χ0v) is 7.59. The van der Waals surface area contributed by atoms with E-state index in [9.17, 15) is 0 Å². The van der Waals surface area contributed by atoms with Crippen LogP contribution < -0.4 is 17.0 Å². The smallest absolute Gasteiger partial charge is 0.203 e. The first-order valence-corrected chi connectivity index (χ1v) is 4.54. The molecule has 12 heavy (non-hydrogen) atoms. The number of guanidine groups is 1. The fourth-order valence-electron chi connectivity index (χ4n) is 1.80. The molecule has 0 amide bonds. The van der Waals surface area contributed by atoms with Gasteiger partial charge in [0.1, 0.15) is 0 Å². The summed E-state index contributed by atoms with van der Waals surface area (Å²) in [6, 6.07) is 0.309. The van der Waals surface area contributed by atoms with E-state index in [2.05, 4.69) is 17.3 Å². The maximum Gasteiger partial charge on any atom is 0.203 e. The van der Waals surface area contributed by atoms with E-state index in [4.69, 9.17) is 11.6 Å². The number of hydrogen-bond donors (Lipinski definition) is 3. The summed E-state index contributed by atoms with van der Waals surface area (Å²) >= 11 is 0. The minimum Gasteiger partial charge on any atom is -0.369 e. The first kappa shape index (κ1) is 9.32.